The molecule has 1 atom stereocenters. The van der Waals surface area contributed by atoms with E-state index in [0.717, 1.165) is 0 Å². The van der Waals surface area contributed by atoms with Crippen molar-refractivity contribution in [2.24, 2.45) is 0 Å². The predicted molar refractivity (Wildman–Crippen MR) is 75.0 cm³/mol. The lowest BCUT2D eigenvalue weighted by Crippen LogP contribution is -2.03. The summed E-state index contributed by atoms with van der Waals surface area (Å²) in [7, 11) is 2.97. The molecule has 2 aromatic rings. The van der Waals surface area contributed by atoms with E-state index >= 15 is 0 Å². The Hall–Kier alpha value is -1.78. The van der Waals surface area contributed by atoms with Gasteiger partial charge in [-0.25, -0.2) is 4.39 Å². The van der Waals surface area contributed by atoms with Crippen molar-refractivity contribution in [3.63, 3.8) is 0 Å². The fourth-order valence-corrected chi connectivity index (χ4v) is 2.22. The highest BCUT2D eigenvalue weighted by atomic mass is 35.5. The second-order valence-electron chi connectivity index (χ2n) is 4.18. The summed E-state index contributed by atoms with van der Waals surface area (Å²) in [6, 6.07) is 8.87. The zero-order valence-corrected chi connectivity index (χ0v) is 11.8. The first-order valence-corrected chi connectivity index (χ1v) is 6.29. The van der Waals surface area contributed by atoms with Crippen LogP contribution < -0.4 is 9.47 Å². The quantitative estimate of drug-likeness (QED) is 0.937. The smallest absolute Gasteiger partial charge is 0.137 e. The van der Waals surface area contributed by atoms with Crippen molar-refractivity contribution in [1.82, 2.24) is 0 Å². The third kappa shape index (κ3) is 2.86. The van der Waals surface area contributed by atoms with Crippen LogP contribution in [0.2, 0.25) is 5.02 Å². The van der Waals surface area contributed by atoms with Gasteiger partial charge in [-0.2, -0.15) is 0 Å². The second kappa shape index (κ2) is 6.11. The van der Waals surface area contributed by atoms with Gasteiger partial charge in [-0.3, -0.25) is 0 Å². The van der Waals surface area contributed by atoms with Gasteiger partial charge in [0.25, 0.3) is 0 Å². The monoisotopic (exact) mass is 296 g/mol. The van der Waals surface area contributed by atoms with Crippen LogP contribution in [-0.4, -0.2) is 19.3 Å². The van der Waals surface area contributed by atoms with E-state index in [0.29, 0.717) is 27.6 Å². The topological polar surface area (TPSA) is 38.7 Å². The molecule has 3 nitrogen and oxygen atoms in total. The minimum Gasteiger partial charge on any atom is -0.496 e. The summed E-state index contributed by atoms with van der Waals surface area (Å²) in [4.78, 5) is 0. The normalized spacial score (nSPS) is 12.1. The van der Waals surface area contributed by atoms with Gasteiger partial charge in [0.2, 0.25) is 0 Å². The highest BCUT2D eigenvalue weighted by molar-refractivity contribution is 6.32. The van der Waals surface area contributed by atoms with Gasteiger partial charge in [-0.15, -0.1) is 0 Å². The summed E-state index contributed by atoms with van der Waals surface area (Å²) < 4.78 is 23.5. The van der Waals surface area contributed by atoms with Crippen molar-refractivity contribution >= 4 is 11.6 Å². The maximum Gasteiger partial charge on any atom is 0.137 e. The van der Waals surface area contributed by atoms with Crippen molar-refractivity contribution < 1.29 is 19.0 Å². The number of rotatable bonds is 4. The Morgan fingerprint density at radius 2 is 1.70 bits per heavy atom. The third-order valence-electron chi connectivity index (χ3n) is 2.98. The van der Waals surface area contributed by atoms with Gasteiger partial charge in [0.05, 0.1) is 19.2 Å². The average molecular weight is 297 g/mol. The average Bonchev–Trinajstić information content (AvgIpc) is 2.46. The SMILES string of the molecule is COc1ccc(C(O)c2cc(F)ccc2OC)cc1Cl. The first-order chi connectivity index (χ1) is 9.56. The van der Waals surface area contributed by atoms with Crippen LogP contribution in [0.25, 0.3) is 0 Å². The molecule has 0 spiro atoms. The van der Waals surface area contributed by atoms with Crippen LogP contribution in [-0.2, 0) is 0 Å². The minimum atomic E-state index is -1.04. The third-order valence-corrected chi connectivity index (χ3v) is 3.27. The molecule has 0 amide bonds. The number of hydrogen-bond acceptors (Lipinski definition) is 3. The molecule has 1 unspecified atom stereocenters. The summed E-state index contributed by atoms with van der Waals surface area (Å²) in [6.45, 7) is 0. The number of ether oxygens (including phenoxy) is 2. The summed E-state index contributed by atoms with van der Waals surface area (Å²) >= 11 is 6.02. The molecule has 20 heavy (non-hydrogen) atoms. The van der Waals surface area contributed by atoms with Crippen molar-refractivity contribution in [3.05, 3.63) is 58.4 Å². The van der Waals surface area contributed by atoms with Crippen molar-refractivity contribution in [2.45, 2.75) is 6.10 Å². The zero-order valence-electron chi connectivity index (χ0n) is 11.1. The molecule has 0 aliphatic carbocycles. The summed E-state index contributed by atoms with van der Waals surface area (Å²) in [5.41, 5.74) is 0.869. The van der Waals surface area contributed by atoms with Gasteiger partial charge in [0.1, 0.15) is 23.4 Å². The van der Waals surface area contributed by atoms with Crippen molar-refractivity contribution in [2.75, 3.05) is 14.2 Å². The van der Waals surface area contributed by atoms with Crippen LogP contribution in [0.1, 0.15) is 17.2 Å². The molecule has 1 N–H and O–H groups in total. The molecule has 0 radical (unpaired) electrons. The maximum absolute atomic E-state index is 13.3. The van der Waals surface area contributed by atoms with E-state index in [1.165, 1.54) is 32.4 Å². The van der Waals surface area contributed by atoms with Gasteiger partial charge in [0, 0.05) is 5.56 Å². The van der Waals surface area contributed by atoms with E-state index in [1.807, 2.05) is 0 Å². The Bertz CT molecular complexity index is 616. The van der Waals surface area contributed by atoms with E-state index in [9.17, 15) is 9.50 Å². The summed E-state index contributed by atoms with van der Waals surface area (Å²) in [6.07, 6.45) is -1.04. The van der Waals surface area contributed by atoms with Gasteiger partial charge < -0.3 is 14.6 Å². The Balaban J connectivity index is 2.43. The molecule has 5 heteroatoms. The molecular weight excluding hydrogens is 283 g/mol. The van der Waals surface area contributed by atoms with E-state index in [2.05, 4.69) is 0 Å². The highest BCUT2D eigenvalue weighted by Gasteiger charge is 2.17. The fourth-order valence-electron chi connectivity index (χ4n) is 1.95. The number of aliphatic hydroxyl groups excluding tert-OH is 1. The molecule has 2 aromatic carbocycles. The molecule has 0 heterocycles. The largest absolute Gasteiger partial charge is 0.496 e. The van der Waals surface area contributed by atoms with Crippen LogP contribution in [0.4, 0.5) is 4.39 Å². The summed E-state index contributed by atoms with van der Waals surface area (Å²) in [5.74, 6) is 0.471. The molecule has 0 aliphatic heterocycles. The Morgan fingerprint density at radius 1 is 1.05 bits per heavy atom. The van der Waals surface area contributed by atoms with Crippen LogP contribution in [0, 0.1) is 5.82 Å². The number of halogens is 2. The van der Waals surface area contributed by atoms with Gasteiger partial charge in [-0.1, -0.05) is 17.7 Å². The van der Waals surface area contributed by atoms with Crippen LogP contribution in [0.15, 0.2) is 36.4 Å². The highest BCUT2D eigenvalue weighted by Crippen LogP contribution is 2.34. The van der Waals surface area contributed by atoms with E-state index in [1.54, 1.807) is 18.2 Å². The molecule has 0 aliphatic rings. The first-order valence-electron chi connectivity index (χ1n) is 5.91. The number of hydrogen-bond donors (Lipinski definition) is 1. The second-order valence-corrected chi connectivity index (χ2v) is 4.59. The maximum atomic E-state index is 13.3. The lowest BCUT2D eigenvalue weighted by Gasteiger charge is -2.16. The molecule has 106 valence electrons. The number of methoxy groups -OCH3 is 2. The molecule has 0 saturated carbocycles. The Morgan fingerprint density at radius 3 is 2.30 bits per heavy atom. The standard InChI is InChI=1S/C15H14ClFO3/c1-19-13-6-4-10(17)8-11(13)15(18)9-3-5-14(20-2)12(16)7-9/h3-8,15,18H,1-2H3. The van der Waals surface area contributed by atoms with E-state index in [4.69, 9.17) is 21.1 Å². The molecule has 0 fully saturated rings. The number of benzene rings is 2. The van der Waals surface area contributed by atoms with Gasteiger partial charge in [-0.05, 0) is 35.9 Å². The Labute approximate surface area is 121 Å². The van der Waals surface area contributed by atoms with Crippen LogP contribution in [0.5, 0.6) is 11.5 Å². The Kier molecular flexibility index (Phi) is 4.47. The molecule has 0 saturated heterocycles. The van der Waals surface area contributed by atoms with Crippen molar-refractivity contribution in [3.8, 4) is 11.5 Å². The van der Waals surface area contributed by atoms with Crippen LogP contribution in [0.3, 0.4) is 0 Å². The molecule has 2 rings (SSSR count). The predicted octanol–water partition coefficient (Wildman–Crippen LogP) is 3.58. The zero-order chi connectivity index (χ0) is 14.7. The fraction of sp³-hybridized carbons (Fsp3) is 0.200. The molecular formula is C15H14ClFO3. The van der Waals surface area contributed by atoms with E-state index < -0.39 is 11.9 Å². The lowest BCUT2D eigenvalue weighted by atomic mass is 10.0. The van der Waals surface area contributed by atoms with Gasteiger partial charge >= 0.3 is 0 Å². The first kappa shape index (κ1) is 14.6. The lowest BCUT2D eigenvalue weighted by molar-refractivity contribution is 0.214. The van der Waals surface area contributed by atoms with E-state index in [-0.39, 0.29) is 0 Å². The molecule has 0 aromatic heterocycles. The number of aliphatic hydroxyl groups is 1. The van der Waals surface area contributed by atoms with Crippen LogP contribution >= 0.6 is 11.6 Å². The summed E-state index contributed by atoms with van der Waals surface area (Å²) in [5, 5.41) is 10.7. The minimum absolute atomic E-state index is 0.341. The van der Waals surface area contributed by atoms with Gasteiger partial charge in [0.15, 0.2) is 0 Å². The molecule has 0 bridgehead atoms. The van der Waals surface area contributed by atoms with Crippen molar-refractivity contribution in [1.29, 1.82) is 0 Å².